The Hall–Kier alpha value is -2.10. The molecule has 5 rings (SSSR count). The number of carbonyl (C=O) groups excluding carboxylic acids is 1. The van der Waals surface area contributed by atoms with Crippen molar-refractivity contribution in [2.45, 2.75) is 50.5 Å². The number of piperidine rings is 2. The highest BCUT2D eigenvalue weighted by Crippen LogP contribution is 2.40. The van der Waals surface area contributed by atoms with E-state index in [1.54, 1.807) is 12.2 Å². The predicted molar refractivity (Wildman–Crippen MR) is 121 cm³/mol. The molecule has 9 heteroatoms. The van der Waals surface area contributed by atoms with Crippen LogP contribution in [0.5, 0.6) is 5.75 Å². The van der Waals surface area contributed by atoms with Gasteiger partial charge in [-0.1, -0.05) is 11.3 Å². The van der Waals surface area contributed by atoms with Gasteiger partial charge in [0.25, 0.3) is 0 Å². The van der Waals surface area contributed by atoms with Gasteiger partial charge in [-0.25, -0.2) is 9.78 Å². The summed E-state index contributed by atoms with van der Waals surface area (Å²) in [7, 11) is 1.65. The summed E-state index contributed by atoms with van der Waals surface area (Å²) in [5, 5.41) is 5.08. The number of hydroxylamine groups is 2. The van der Waals surface area contributed by atoms with Crippen LogP contribution in [-0.2, 0) is 9.57 Å². The number of methoxy groups -OCH3 is 1. The molecule has 3 fully saturated rings. The summed E-state index contributed by atoms with van der Waals surface area (Å²) in [5.74, 6) is 0.714. The Morgan fingerprint density at radius 3 is 2.65 bits per heavy atom. The molecule has 1 aromatic heterocycles. The van der Waals surface area contributed by atoms with Crippen LogP contribution in [0.3, 0.4) is 0 Å². The molecule has 0 saturated carbocycles. The van der Waals surface area contributed by atoms with Gasteiger partial charge in [-0.05, 0) is 57.1 Å². The summed E-state index contributed by atoms with van der Waals surface area (Å²) in [4.78, 5) is 25.1. The van der Waals surface area contributed by atoms with E-state index in [1.165, 1.54) is 30.6 Å². The van der Waals surface area contributed by atoms with E-state index in [0.717, 1.165) is 61.3 Å². The summed E-state index contributed by atoms with van der Waals surface area (Å²) in [5.41, 5.74) is 1.95. The predicted octanol–water partition coefficient (Wildman–Crippen LogP) is 4.40. The van der Waals surface area contributed by atoms with Crippen molar-refractivity contribution in [1.82, 2.24) is 10.0 Å². The number of hydrogen-bond donors (Lipinski definition) is 1. The second-order valence-corrected chi connectivity index (χ2v) is 9.60. The van der Waals surface area contributed by atoms with E-state index >= 15 is 0 Å². The van der Waals surface area contributed by atoms with Crippen LogP contribution in [0.2, 0.25) is 0 Å². The van der Waals surface area contributed by atoms with Gasteiger partial charge in [0.2, 0.25) is 0 Å². The van der Waals surface area contributed by atoms with Crippen molar-refractivity contribution in [2.75, 3.05) is 50.1 Å². The summed E-state index contributed by atoms with van der Waals surface area (Å²) in [6.07, 6.45) is 7.22. The van der Waals surface area contributed by atoms with E-state index < -0.39 is 6.09 Å². The fourth-order valence-corrected chi connectivity index (χ4v) is 5.94. The van der Waals surface area contributed by atoms with Crippen LogP contribution in [0.4, 0.5) is 15.6 Å². The largest absolute Gasteiger partial charge is 0.494 e. The Labute approximate surface area is 186 Å². The molecule has 2 aromatic rings. The number of nitrogens with zero attached hydrogens (tertiary/aromatic N) is 3. The first-order chi connectivity index (χ1) is 15.2. The lowest BCUT2D eigenvalue weighted by atomic mass is 9.89. The molecule has 0 aliphatic carbocycles. The summed E-state index contributed by atoms with van der Waals surface area (Å²) < 4.78 is 12.5. The number of nitrogens with one attached hydrogen (secondary N) is 1. The zero-order valence-electron chi connectivity index (χ0n) is 18.0. The number of aromatic nitrogens is 1. The quantitative estimate of drug-likeness (QED) is 0.746. The van der Waals surface area contributed by atoms with Crippen LogP contribution in [0.25, 0.3) is 10.2 Å². The lowest BCUT2D eigenvalue weighted by molar-refractivity contribution is -0.149. The third kappa shape index (κ3) is 4.31. The first kappa shape index (κ1) is 20.8. The average molecular weight is 447 g/mol. The van der Waals surface area contributed by atoms with E-state index in [4.69, 9.17) is 14.3 Å². The second-order valence-electron chi connectivity index (χ2n) is 8.60. The van der Waals surface area contributed by atoms with Gasteiger partial charge in [0.1, 0.15) is 11.3 Å². The fraction of sp³-hybridized carbons (Fsp3) is 0.636. The van der Waals surface area contributed by atoms with Crippen LogP contribution < -0.4 is 15.0 Å². The summed E-state index contributed by atoms with van der Waals surface area (Å²) >= 11 is 1.47. The van der Waals surface area contributed by atoms with Crippen molar-refractivity contribution in [3.63, 3.8) is 0 Å². The van der Waals surface area contributed by atoms with Gasteiger partial charge < -0.3 is 19.2 Å². The molecule has 0 radical (unpaired) electrons. The maximum absolute atomic E-state index is 12.5. The van der Waals surface area contributed by atoms with Gasteiger partial charge in [-0.3, -0.25) is 5.32 Å². The van der Waals surface area contributed by atoms with Gasteiger partial charge in [-0.15, -0.1) is 5.06 Å². The first-order valence-corrected chi connectivity index (χ1v) is 12.1. The van der Waals surface area contributed by atoms with Crippen LogP contribution in [-0.4, -0.2) is 61.6 Å². The summed E-state index contributed by atoms with van der Waals surface area (Å²) in [6, 6.07) is 4.06. The number of rotatable bonds is 4. The Bertz CT molecular complexity index is 927. The lowest BCUT2D eigenvalue weighted by Crippen LogP contribution is -2.45. The Kier molecular flexibility index (Phi) is 5.90. The average Bonchev–Trinajstić information content (AvgIpc) is 3.42. The fourth-order valence-electron chi connectivity index (χ4n) is 4.93. The molecule has 168 valence electrons. The third-order valence-corrected chi connectivity index (χ3v) is 7.64. The van der Waals surface area contributed by atoms with Gasteiger partial charge in [0.15, 0.2) is 5.13 Å². The van der Waals surface area contributed by atoms with Crippen LogP contribution in [0.1, 0.15) is 44.9 Å². The van der Waals surface area contributed by atoms with Crippen LogP contribution in [0.15, 0.2) is 12.1 Å². The SMILES string of the molecule is COc1ccc(N2CCCCC2)c2sc(NC(=O)ON3CCC4(CCCO4)CC3)nc12. The number of amides is 1. The second kappa shape index (κ2) is 8.80. The molecule has 0 atom stereocenters. The molecule has 0 bridgehead atoms. The maximum atomic E-state index is 12.5. The van der Waals surface area contributed by atoms with E-state index in [2.05, 4.69) is 21.3 Å². The number of ether oxygens (including phenoxy) is 2. The number of anilines is 2. The monoisotopic (exact) mass is 446 g/mol. The van der Waals surface area contributed by atoms with Gasteiger partial charge in [-0.2, -0.15) is 0 Å². The molecule has 3 aliphatic rings. The van der Waals surface area contributed by atoms with Crippen molar-refractivity contribution < 1.29 is 19.1 Å². The molecule has 31 heavy (non-hydrogen) atoms. The highest BCUT2D eigenvalue weighted by atomic mass is 32.1. The van der Waals surface area contributed by atoms with Crippen molar-refractivity contribution >= 4 is 38.5 Å². The topological polar surface area (TPSA) is 76.2 Å². The van der Waals surface area contributed by atoms with Crippen LogP contribution >= 0.6 is 11.3 Å². The molecule has 3 aliphatic heterocycles. The van der Waals surface area contributed by atoms with Crippen molar-refractivity contribution in [3.05, 3.63) is 12.1 Å². The van der Waals surface area contributed by atoms with Crippen LogP contribution in [0, 0.1) is 0 Å². The molecule has 1 aromatic carbocycles. The van der Waals surface area contributed by atoms with Gasteiger partial charge in [0.05, 0.1) is 23.1 Å². The number of hydrogen-bond acceptors (Lipinski definition) is 8. The Balaban J connectivity index is 1.27. The first-order valence-electron chi connectivity index (χ1n) is 11.3. The Morgan fingerprint density at radius 2 is 1.94 bits per heavy atom. The molecule has 1 amide bonds. The van der Waals surface area contributed by atoms with Gasteiger partial charge in [0, 0.05) is 32.8 Å². The molecule has 3 saturated heterocycles. The minimum Gasteiger partial charge on any atom is -0.494 e. The highest BCUT2D eigenvalue weighted by molar-refractivity contribution is 7.23. The zero-order valence-corrected chi connectivity index (χ0v) is 18.8. The van der Waals surface area contributed by atoms with Crippen molar-refractivity contribution in [2.24, 2.45) is 0 Å². The van der Waals surface area contributed by atoms with Crippen molar-refractivity contribution in [1.29, 1.82) is 0 Å². The molecule has 4 heterocycles. The molecule has 1 spiro atoms. The minimum atomic E-state index is -0.499. The zero-order chi connectivity index (χ0) is 21.3. The number of thiazole rings is 1. The number of carbonyl (C=O) groups is 1. The van der Waals surface area contributed by atoms with Crippen molar-refractivity contribution in [3.8, 4) is 5.75 Å². The highest BCUT2D eigenvalue weighted by Gasteiger charge is 2.39. The maximum Gasteiger partial charge on any atom is 0.432 e. The molecule has 8 nitrogen and oxygen atoms in total. The minimum absolute atomic E-state index is 0.00474. The normalized spacial score (nSPS) is 21.5. The third-order valence-electron chi connectivity index (χ3n) is 6.64. The number of fused-ring (bicyclic) bond motifs is 1. The van der Waals surface area contributed by atoms with E-state index in [1.807, 2.05) is 6.07 Å². The standard InChI is InChI=1S/C22H30N4O4S/c1-28-17-7-6-16(25-11-3-2-4-12-25)19-18(17)23-20(31-19)24-21(27)30-26-13-9-22(10-14-26)8-5-15-29-22/h6-7H,2-5,8-15H2,1H3,(H,23,24,27). The molecular weight excluding hydrogens is 416 g/mol. The lowest BCUT2D eigenvalue weighted by Gasteiger charge is -2.37. The van der Waals surface area contributed by atoms with E-state index in [-0.39, 0.29) is 5.60 Å². The number of benzene rings is 1. The van der Waals surface area contributed by atoms with E-state index in [9.17, 15) is 4.79 Å². The molecular formula is C22H30N4O4S. The Morgan fingerprint density at radius 1 is 1.13 bits per heavy atom. The molecule has 1 N–H and O–H groups in total. The summed E-state index contributed by atoms with van der Waals surface area (Å²) in [6.45, 7) is 4.33. The van der Waals surface area contributed by atoms with E-state index in [0.29, 0.717) is 24.0 Å². The smallest absolute Gasteiger partial charge is 0.432 e. The van der Waals surface area contributed by atoms with Gasteiger partial charge >= 0.3 is 6.09 Å². The molecule has 0 unspecified atom stereocenters.